The number of benzene rings is 1. The van der Waals surface area contributed by atoms with Gasteiger partial charge < -0.3 is 5.73 Å². The molecule has 0 aliphatic carbocycles. The summed E-state index contributed by atoms with van der Waals surface area (Å²) in [6.45, 7) is 3.82. The fraction of sp³-hybridized carbons (Fsp3) is 0.389. The topological polar surface area (TPSA) is 79.5 Å². The van der Waals surface area contributed by atoms with E-state index in [9.17, 15) is 9.59 Å². The van der Waals surface area contributed by atoms with Crippen LogP contribution in [0.2, 0.25) is 0 Å². The zero-order valence-corrected chi connectivity index (χ0v) is 15.0. The van der Waals surface area contributed by atoms with Crippen LogP contribution in [0.5, 0.6) is 0 Å². The second kappa shape index (κ2) is 7.76. The summed E-state index contributed by atoms with van der Waals surface area (Å²) in [4.78, 5) is 32.0. The molecule has 2 amide bonds. The molecule has 0 spiro atoms. The van der Waals surface area contributed by atoms with Crippen molar-refractivity contribution in [1.29, 1.82) is 0 Å². The number of piperidine rings is 1. The standard InChI is InChI=1S/C18H22N4O2S/c1-13(23)22(16-7-3-2-4-8-16)18-20-15(12-25-18)11-21-9-5-6-14(10-21)17(19)24/h2-4,7-8,12,14H,5-6,9-11H2,1H3,(H2,19,24)/t14-/m0/s1. The molecule has 132 valence electrons. The molecule has 2 heterocycles. The van der Waals surface area contributed by atoms with E-state index in [1.54, 1.807) is 4.90 Å². The number of rotatable bonds is 5. The first-order valence-electron chi connectivity index (χ1n) is 8.36. The monoisotopic (exact) mass is 358 g/mol. The van der Waals surface area contributed by atoms with Crippen LogP contribution in [0, 0.1) is 5.92 Å². The highest BCUT2D eigenvalue weighted by atomic mass is 32.1. The van der Waals surface area contributed by atoms with Crippen molar-refractivity contribution in [2.45, 2.75) is 26.3 Å². The van der Waals surface area contributed by atoms with Gasteiger partial charge in [-0.2, -0.15) is 0 Å². The summed E-state index contributed by atoms with van der Waals surface area (Å²) in [5.74, 6) is -0.376. The third-order valence-electron chi connectivity index (χ3n) is 4.35. The minimum absolute atomic E-state index is 0.0705. The molecule has 25 heavy (non-hydrogen) atoms. The largest absolute Gasteiger partial charge is 0.369 e. The van der Waals surface area contributed by atoms with E-state index >= 15 is 0 Å². The van der Waals surface area contributed by atoms with Crippen LogP contribution in [0.1, 0.15) is 25.5 Å². The van der Waals surface area contributed by atoms with Crippen LogP contribution >= 0.6 is 11.3 Å². The van der Waals surface area contributed by atoms with E-state index in [1.165, 1.54) is 18.3 Å². The maximum atomic E-state index is 12.1. The molecular formula is C18H22N4O2S. The van der Waals surface area contributed by atoms with Crippen molar-refractivity contribution in [1.82, 2.24) is 9.88 Å². The Balaban J connectivity index is 1.73. The van der Waals surface area contributed by atoms with Gasteiger partial charge in [0.05, 0.1) is 17.3 Å². The summed E-state index contributed by atoms with van der Waals surface area (Å²) in [7, 11) is 0. The molecule has 3 rings (SSSR count). The summed E-state index contributed by atoms with van der Waals surface area (Å²) in [5, 5.41) is 2.64. The zero-order chi connectivity index (χ0) is 17.8. The predicted octanol–water partition coefficient (Wildman–Crippen LogP) is 2.53. The van der Waals surface area contributed by atoms with Crippen LogP contribution in [0.3, 0.4) is 0 Å². The molecule has 1 aromatic heterocycles. The number of hydrogen-bond donors (Lipinski definition) is 1. The quantitative estimate of drug-likeness (QED) is 0.891. The number of para-hydroxylation sites is 1. The first-order chi connectivity index (χ1) is 12.0. The van der Waals surface area contributed by atoms with Gasteiger partial charge in [0.25, 0.3) is 0 Å². The van der Waals surface area contributed by atoms with Crippen molar-refractivity contribution in [2.24, 2.45) is 11.7 Å². The van der Waals surface area contributed by atoms with E-state index in [1.807, 2.05) is 35.7 Å². The average Bonchev–Trinajstić information content (AvgIpc) is 3.03. The van der Waals surface area contributed by atoms with Crippen molar-refractivity contribution in [3.8, 4) is 0 Å². The van der Waals surface area contributed by atoms with Crippen LogP contribution < -0.4 is 10.6 Å². The highest BCUT2D eigenvalue weighted by Gasteiger charge is 2.25. The normalized spacial score (nSPS) is 18.0. The second-order valence-corrected chi connectivity index (χ2v) is 7.12. The van der Waals surface area contributed by atoms with Crippen LogP contribution in [-0.2, 0) is 16.1 Å². The van der Waals surface area contributed by atoms with Crippen molar-refractivity contribution in [3.63, 3.8) is 0 Å². The molecule has 7 heteroatoms. The maximum absolute atomic E-state index is 12.1. The summed E-state index contributed by atoms with van der Waals surface area (Å²) in [6.07, 6.45) is 1.83. The van der Waals surface area contributed by atoms with E-state index in [2.05, 4.69) is 9.88 Å². The van der Waals surface area contributed by atoms with Gasteiger partial charge in [-0.1, -0.05) is 18.2 Å². The molecular weight excluding hydrogens is 336 g/mol. The first kappa shape index (κ1) is 17.6. The Bertz CT molecular complexity index is 747. The lowest BCUT2D eigenvalue weighted by atomic mass is 9.97. The van der Waals surface area contributed by atoms with E-state index in [0.717, 1.165) is 30.8 Å². The van der Waals surface area contributed by atoms with Crippen LogP contribution in [-0.4, -0.2) is 34.8 Å². The number of primary amides is 1. The highest BCUT2D eigenvalue weighted by Crippen LogP contribution is 2.29. The van der Waals surface area contributed by atoms with Gasteiger partial charge >= 0.3 is 0 Å². The van der Waals surface area contributed by atoms with Crippen LogP contribution in [0.4, 0.5) is 10.8 Å². The minimum Gasteiger partial charge on any atom is -0.369 e. The molecule has 1 fully saturated rings. The third-order valence-corrected chi connectivity index (χ3v) is 5.23. The molecule has 6 nitrogen and oxygen atoms in total. The number of nitrogens with two attached hydrogens (primary N) is 1. The lowest BCUT2D eigenvalue weighted by Crippen LogP contribution is -2.40. The molecule has 1 aromatic carbocycles. The zero-order valence-electron chi connectivity index (χ0n) is 14.2. The number of nitrogens with zero attached hydrogens (tertiary/aromatic N) is 3. The smallest absolute Gasteiger partial charge is 0.230 e. The second-order valence-electron chi connectivity index (χ2n) is 6.29. The molecule has 0 bridgehead atoms. The number of anilines is 2. The molecule has 0 saturated carbocycles. The third kappa shape index (κ3) is 4.24. The molecule has 1 saturated heterocycles. The van der Waals surface area contributed by atoms with Crippen LogP contribution in [0.25, 0.3) is 0 Å². The Hall–Kier alpha value is -2.25. The summed E-state index contributed by atoms with van der Waals surface area (Å²) in [5.41, 5.74) is 7.16. The lowest BCUT2D eigenvalue weighted by Gasteiger charge is -2.30. The van der Waals surface area contributed by atoms with E-state index in [-0.39, 0.29) is 17.7 Å². The van der Waals surface area contributed by atoms with Crippen molar-refractivity contribution in [2.75, 3.05) is 18.0 Å². The van der Waals surface area contributed by atoms with Crippen molar-refractivity contribution < 1.29 is 9.59 Å². The van der Waals surface area contributed by atoms with Crippen LogP contribution in [0.15, 0.2) is 35.7 Å². The van der Waals surface area contributed by atoms with E-state index < -0.39 is 0 Å². The average molecular weight is 358 g/mol. The molecule has 1 aliphatic rings. The SMILES string of the molecule is CC(=O)N(c1ccccc1)c1nc(CN2CCC[C@H](C(N)=O)C2)cs1. The Morgan fingerprint density at radius 1 is 1.36 bits per heavy atom. The fourth-order valence-corrected chi connectivity index (χ4v) is 4.01. The van der Waals surface area contributed by atoms with Gasteiger partial charge in [0.1, 0.15) is 0 Å². The predicted molar refractivity (Wildman–Crippen MR) is 98.6 cm³/mol. The highest BCUT2D eigenvalue weighted by molar-refractivity contribution is 7.14. The van der Waals surface area contributed by atoms with Gasteiger partial charge in [0.2, 0.25) is 11.8 Å². The van der Waals surface area contributed by atoms with E-state index in [4.69, 9.17) is 5.73 Å². The molecule has 1 aliphatic heterocycles. The van der Waals surface area contributed by atoms with Gasteiger partial charge in [0, 0.05) is 25.4 Å². The molecule has 0 radical (unpaired) electrons. The number of amides is 2. The Morgan fingerprint density at radius 3 is 2.80 bits per heavy atom. The Morgan fingerprint density at radius 2 is 2.12 bits per heavy atom. The summed E-state index contributed by atoms with van der Waals surface area (Å²) < 4.78 is 0. The number of carbonyl (C=O) groups is 2. The van der Waals surface area contributed by atoms with Crippen molar-refractivity contribution >= 4 is 34.0 Å². The Kier molecular flexibility index (Phi) is 5.45. The van der Waals surface area contributed by atoms with Gasteiger partial charge in [0.15, 0.2) is 5.13 Å². The number of thiazole rings is 1. The fourth-order valence-electron chi connectivity index (χ4n) is 3.14. The molecule has 0 unspecified atom stereocenters. The number of hydrogen-bond acceptors (Lipinski definition) is 5. The number of carbonyl (C=O) groups excluding carboxylic acids is 2. The number of aromatic nitrogens is 1. The summed E-state index contributed by atoms with van der Waals surface area (Å²) in [6, 6.07) is 9.50. The lowest BCUT2D eigenvalue weighted by molar-refractivity contribution is -0.123. The maximum Gasteiger partial charge on any atom is 0.230 e. The van der Waals surface area contributed by atoms with Gasteiger partial charge in [-0.15, -0.1) is 11.3 Å². The van der Waals surface area contributed by atoms with Gasteiger partial charge in [-0.25, -0.2) is 4.98 Å². The number of likely N-dealkylation sites (tertiary alicyclic amines) is 1. The first-order valence-corrected chi connectivity index (χ1v) is 9.24. The molecule has 2 N–H and O–H groups in total. The van der Waals surface area contributed by atoms with Gasteiger partial charge in [-0.3, -0.25) is 19.4 Å². The van der Waals surface area contributed by atoms with Gasteiger partial charge in [-0.05, 0) is 31.5 Å². The molecule has 2 aromatic rings. The molecule has 1 atom stereocenters. The summed E-state index contributed by atoms with van der Waals surface area (Å²) >= 11 is 1.45. The minimum atomic E-state index is -0.226. The van der Waals surface area contributed by atoms with E-state index in [0.29, 0.717) is 18.2 Å². The van der Waals surface area contributed by atoms with Crippen molar-refractivity contribution in [3.05, 3.63) is 41.4 Å². The Labute approximate surface area is 151 Å².